The fourth-order valence-electron chi connectivity index (χ4n) is 3.26. The van der Waals surface area contributed by atoms with Crippen LogP contribution in [0, 0.1) is 5.82 Å². The van der Waals surface area contributed by atoms with Gasteiger partial charge < -0.3 is 9.47 Å². The van der Waals surface area contributed by atoms with Gasteiger partial charge in [-0.2, -0.15) is 0 Å². The number of ether oxygens (including phenoxy) is 2. The molecule has 0 saturated carbocycles. The second kappa shape index (κ2) is 10.4. The van der Waals surface area contributed by atoms with Gasteiger partial charge in [-0.3, -0.25) is 9.69 Å². The number of hydrogen-bond donors (Lipinski definition) is 0. The zero-order valence-corrected chi connectivity index (χ0v) is 20.4. The molecule has 1 amide bonds. The van der Waals surface area contributed by atoms with E-state index in [1.54, 1.807) is 53.1 Å². The smallest absolute Gasteiger partial charge is 0.270 e. The summed E-state index contributed by atoms with van der Waals surface area (Å²) < 4.78 is 25.6. The Morgan fingerprint density at radius 1 is 1.09 bits per heavy atom. The molecule has 0 radical (unpaired) electrons. The molecule has 1 saturated heterocycles. The second-order valence-electron chi connectivity index (χ2n) is 7.01. The van der Waals surface area contributed by atoms with Crippen molar-refractivity contribution >= 4 is 57.7 Å². The van der Waals surface area contributed by atoms with Crippen LogP contribution in [-0.4, -0.2) is 23.6 Å². The Morgan fingerprint density at radius 3 is 2.67 bits per heavy atom. The number of nitrogens with zero attached hydrogens (tertiary/aromatic N) is 1. The molecule has 0 bridgehead atoms. The lowest BCUT2D eigenvalue weighted by Gasteiger charge is -2.15. The maximum Gasteiger partial charge on any atom is 0.270 e. The average Bonchev–Trinajstić information content (AvgIpc) is 3.11. The summed E-state index contributed by atoms with van der Waals surface area (Å²) in [5, 5.41) is 0. The highest BCUT2D eigenvalue weighted by molar-refractivity contribution is 8.27. The van der Waals surface area contributed by atoms with Gasteiger partial charge in [-0.05, 0) is 54.3 Å². The minimum atomic E-state index is -0.321. The predicted molar refractivity (Wildman–Crippen MR) is 138 cm³/mol. The first-order valence-electron chi connectivity index (χ1n) is 9.96. The number of thioether (sulfide) groups is 2. The Labute approximate surface area is 205 Å². The maximum atomic E-state index is 13.9. The van der Waals surface area contributed by atoms with Crippen LogP contribution in [-0.2, 0) is 11.4 Å². The molecular formula is C25H20FNO3S3. The van der Waals surface area contributed by atoms with Gasteiger partial charge in [-0.15, -0.1) is 11.8 Å². The molecule has 1 fully saturated rings. The van der Waals surface area contributed by atoms with Crippen molar-refractivity contribution in [2.45, 2.75) is 11.5 Å². The largest absolute Gasteiger partial charge is 0.493 e. The number of carbonyl (C=O) groups excluding carboxylic acids is 1. The van der Waals surface area contributed by atoms with Crippen molar-refractivity contribution in [2.75, 3.05) is 18.3 Å². The van der Waals surface area contributed by atoms with Crippen molar-refractivity contribution in [3.8, 4) is 11.5 Å². The first-order chi connectivity index (χ1) is 16.0. The summed E-state index contributed by atoms with van der Waals surface area (Å²) in [6.07, 6.45) is 3.77. The molecule has 8 heteroatoms. The summed E-state index contributed by atoms with van der Waals surface area (Å²) in [7, 11) is 1.53. The molecule has 0 aromatic heterocycles. The van der Waals surface area contributed by atoms with E-state index >= 15 is 0 Å². The summed E-state index contributed by atoms with van der Waals surface area (Å²) in [6.45, 7) is 0.0795. The number of benzene rings is 3. The van der Waals surface area contributed by atoms with Crippen molar-refractivity contribution < 1.29 is 18.7 Å². The van der Waals surface area contributed by atoms with Gasteiger partial charge in [0.15, 0.2) is 15.8 Å². The standard InChI is InChI=1S/C25H20FNO3S3/c1-29-22-12-16(10-11-21(22)30-15-17-6-3-4-9-20(17)26)13-23-24(28)27(25(31)33-23)18-7-5-8-19(14-18)32-2/h3-14H,15H2,1-2H3/b23-13+. The van der Waals surface area contributed by atoms with E-state index in [0.29, 0.717) is 26.3 Å². The SMILES string of the molecule is COc1cc(/C=C2/SC(=S)N(c3cccc(SC)c3)C2=O)ccc1OCc1ccccc1F. The highest BCUT2D eigenvalue weighted by Crippen LogP contribution is 2.38. The summed E-state index contributed by atoms with van der Waals surface area (Å²) in [6, 6.07) is 19.5. The van der Waals surface area contributed by atoms with E-state index in [1.807, 2.05) is 36.6 Å². The Morgan fingerprint density at radius 2 is 1.91 bits per heavy atom. The molecule has 168 valence electrons. The zero-order valence-electron chi connectivity index (χ0n) is 17.9. The third-order valence-electron chi connectivity index (χ3n) is 4.93. The van der Waals surface area contributed by atoms with Gasteiger partial charge in [0, 0.05) is 10.5 Å². The molecule has 0 N–H and O–H groups in total. The number of methoxy groups -OCH3 is 1. The molecule has 33 heavy (non-hydrogen) atoms. The zero-order chi connectivity index (χ0) is 23.4. The van der Waals surface area contributed by atoms with Crippen molar-refractivity contribution in [2.24, 2.45) is 0 Å². The highest BCUT2D eigenvalue weighted by Gasteiger charge is 2.33. The van der Waals surface area contributed by atoms with Gasteiger partial charge in [-0.25, -0.2) is 4.39 Å². The molecule has 0 aliphatic carbocycles. The van der Waals surface area contributed by atoms with Gasteiger partial charge in [0.25, 0.3) is 5.91 Å². The first kappa shape index (κ1) is 23.4. The van der Waals surface area contributed by atoms with E-state index in [9.17, 15) is 9.18 Å². The summed E-state index contributed by atoms with van der Waals surface area (Å²) in [4.78, 5) is 16.2. The number of carbonyl (C=O) groups is 1. The lowest BCUT2D eigenvalue weighted by Crippen LogP contribution is -2.27. The third-order valence-corrected chi connectivity index (χ3v) is 6.96. The van der Waals surface area contributed by atoms with E-state index < -0.39 is 0 Å². The van der Waals surface area contributed by atoms with Crippen LogP contribution in [0.25, 0.3) is 6.08 Å². The quantitative estimate of drug-likeness (QED) is 0.210. The molecule has 4 rings (SSSR count). The lowest BCUT2D eigenvalue weighted by molar-refractivity contribution is -0.113. The molecule has 1 aliphatic heterocycles. The summed E-state index contributed by atoms with van der Waals surface area (Å²) in [5.41, 5.74) is 1.98. The fourth-order valence-corrected chi connectivity index (χ4v) is 5.01. The number of hydrogen-bond acceptors (Lipinski definition) is 6. The van der Waals surface area contributed by atoms with Gasteiger partial charge in [0.05, 0.1) is 17.7 Å². The summed E-state index contributed by atoms with van der Waals surface area (Å²) in [5.74, 6) is 0.489. The van der Waals surface area contributed by atoms with Crippen LogP contribution in [0.3, 0.4) is 0 Å². The van der Waals surface area contributed by atoms with E-state index in [1.165, 1.54) is 24.9 Å². The van der Waals surface area contributed by atoms with Gasteiger partial charge in [0.1, 0.15) is 12.4 Å². The molecule has 1 aliphatic rings. The number of amides is 1. The van der Waals surface area contributed by atoms with Gasteiger partial charge in [-0.1, -0.05) is 54.3 Å². The Kier molecular flexibility index (Phi) is 7.37. The number of halogens is 1. The van der Waals surface area contributed by atoms with E-state index in [-0.39, 0.29) is 18.3 Å². The van der Waals surface area contributed by atoms with Crippen molar-refractivity contribution in [1.29, 1.82) is 0 Å². The molecule has 1 heterocycles. The molecule has 0 atom stereocenters. The normalized spacial score (nSPS) is 14.8. The van der Waals surface area contributed by atoms with Crippen LogP contribution < -0.4 is 14.4 Å². The minimum Gasteiger partial charge on any atom is -0.493 e. The minimum absolute atomic E-state index is 0.0795. The molecule has 0 unspecified atom stereocenters. The van der Waals surface area contributed by atoms with Crippen LogP contribution in [0.2, 0.25) is 0 Å². The van der Waals surface area contributed by atoms with Crippen molar-refractivity contribution in [3.05, 3.63) is 88.6 Å². The predicted octanol–water partition coefficient (Wildman–Crippen LogP) is 6.54. The van der Waals surface area contributed by atoms with E-state index in [0.717, 1.165) is 16.1 Å². The fraction of sp³-hybridized carbons (Fsp3) is 0.120. The monoisotopic (exact) mass is 497 g/mol. The molecule has 0 spiro atoms. The molecule has 3 aromatic carbocycles. The third kappa shape index (κ3) is 5.24. The lowest BCUT2D eigenvalue weighted by atomic mass is 10.1. The number of thiocarbonyl (C=S) groups is 1. The van der Waals surface area contributed by atoms with E-state index in [2.05, 4.69) is 0 Å². The molecule has 3 aromatic rings. The summed E-state index contributed by atoms with van der Waals surface area (Å²) >= 11 is 8.35. The van der Waals surface area contributed by atoms with Crippen LogP contribution in [0.1, 0.15) is 11.1 Å². The number of anilines is 1. The number of rotatable bonds is 7. The first-order valence-corrected chi connectivity index (χ1v) is 12.4. The van der Waals surface area contributed by atoms with Crippen LogP contribution in [0.4, 0.5) is 10.1 Å². The Balaban J connectivity index is 1.54. The highest BCUT2D eigenvalue weighted by atomic mass is 32.2. The topological polar surface area (TPSA) is 38.8 Å². The van der Waals surface area contributed by atoms with Crippen LogP contribution in [0.5, 0.6) is 11.5 Å². The Hall–Kier alpha value is -2.81. The van der Waals surface area contributed by atoms with Crippen molar-refractivity contribution in [1.82, 2.24) is 0 Å². The van der Waals surface area contributed by atoms with Gasteiger partial charge in [0.2, 0.25) is 0 Å². The molecular weight excluding hydrogens is 477 g/mol. The van der Waals surface area contributed by atoms with Gasteiger partial charge >= 0.3 is 0 Å². The molecule has 4 nitrogen and oxygen atoms in total. The van der Waals surface area contributed by atoms with Crippen LogP contribution in [0.15, 0.2) is 76.5 Å². The maximum absolute atomic E-state index is 13.9. The average molecular weight is 498 g/mol. The van der Waals surface area contributed by atoms with E-state index in [4.69, 9.17) is 21.7 Å². The second-order valence-corrected chi connectivity index (χ2v) is 9.56. The Bertz CT molecular complexity index is 1250. The van der Waals surface area contributed by atoms with Crippen molar-refractivity contribution in [3.63, 3.8) is 0 Å². The van der Waals surface area contributed by atoms with Crippen LogP contribution >= 0.6 is 35.7 Å².